The number of carbonyl (C=O) groups excluding carboxylic acids is 1. The van der Waals surface area contributed by atoms with Crippen molar-refractivity contribution in [3.8, 4) is 0 Å². The molecule has 0 amide bonds. The minimum absolute atomic E-state index is 0.0718. The number of rotatable bonds is 4. The molecule has 0 spiro atoms. The molecule has 2 aromatic carbocycles. The Morgan fingerprint density at radius 1 is 1.15 bits per heavy atom. The number of ketones is 1. The normalized spacial score (nSPS) is 18.6. The summed E-state index contributed by atoms with van der Waals surface area (Å²) in [6, 6.07) is 13.6. The van der Waals surface area contributed by atoms with Crippen LogP contribution in [0.2, 0.25) is 0 Å². The van der Waals surface area contributed by atoms with Crippen LogP contribution in [0.5, 0.6) is 0 Å². The zero-order valence-electron chi connectivity index (χ0n) is 15.0. The fourth-order valence-corrected chi connectivity index (χ4v) is 4.96. The summed E-state index contributed by atoms with van der Waals surface area (Å²) in [6.07, 6.45) is 1.58. The molecule has 0 saturated carbocycles. The number of fused-ring (bicyclic) bond motifs is 1. The summed E-state index contributed by atoms with van der Waals surface area (Å²) < 4.78 is 33.3. The third kappa shape index (κ3) is 3.40. The molecule has 1 atom stereocenters. The summed E-state index contributed by atoms with van der Waals surface area (Å²) in [5.74, 6) is 0.424. The van der Waals surface area contributed by atoms with Crippen LogP contribution >= 0.6 is 0 Å². The van der Waals surface area contributed by atoms with E-state index in [9.17, 15) is 13.2 Å². The van der Waals surface area contributed by atoms with Crippen LogP contribution in [0.25, 0.3) is 11.1 Å². The Kier molecular flexibility index (Phi) is 4.57. The highest BCUT2D eigenvalue weighted by atomic mass is 32.2. The number of nitrogens with zero attached hydrogens (tertiary/aromatic N) is 2. The molecule has 3 aromatic rings. The number of para-hydroxylation sites is 2. The molecule has 0 radical (unpaired) electrons. The average Bonchev–Trinajstić information content (AvgIpc) is 3.12. The van der Waals surface area contributed by atoms with Gasteiger partial charge in [-0.3, -0.25) is 4.79 Å². The van der Waals surface area contributed by atoms with E-state index in [1.54, 1.807) is 12.1 Å². The summed E-state index contributed by atoms with van der Waals surface area (Å²) >= 11 is 0. The lowest BCUT2D eigenvalue weighted by atomic mass is 10.00. The molecule has 2 heterocycles. The highest BCUT2D eigenvalue weighted by Crippen LogP contribution is 2.31. The van der Waals surface area contributed by atoms with Gasteiger partial charge in [0, 0.05) is 24.6 Å². The maximum Gasteiger partial charge on any atom is 0.243 e. The molecule has 1 aliphatic heterocycles. The molecule has 1 saturated heterocycles. The van der Waals surface area contributed by atoms with Gasteiger partial charge in [-0.25, -0.2) is 13.4 Å². The standard InChI is InChI=1S/C20H20N2O4S/c1-14(23)15-8-10-17(11-9-15)27(24,25)22-12-4-5-16(13-22)20-21-18-6-2-3-7-19(18)26-20/h2-3,6-11,16H,4-5,12-13H2,1H3. The van der Waals surface area contributed by atoms with Crippen molar-refractivity contribution in [2.45, 2.75) is 30.6 Å². The van der Waals surface area contributed by atoms with E-state index in [0.717, 1.165) is 18.4 Å². The average molecular weight is 384 g/mol. The van der Waals surface area contributed by atoms with Gasteiger partial charge in [-0.2, -0.15) is 4.31 Å². The lowest BCUT2D eigenvalue weighted by molar-refractivity contribution is 0.101. The predicted octanol–water partition coefficient (Wildman–Crippen LogP) is 3.60. The topological polar surface area (TPSA) is 80.5 Å². The molecule has 0 N–H and O–H groups in total. The molecule has 27 heavy (non-hydrogen) atoms. The van der Waals surface area contributed by atoms with Crippen molar-refractivity contribution in [3.05, 3.63) is 60.0 Å². The Morgan fingerprint density at radius 2 is 1.89 bits per heavy atom. The van der Waals surface area contributed by atoms with Crippen LogP contribution in [-0.2, 0) is 10.0 Å². The SMILES string of the molecule is CC(=O)c1ccc(S(=O)(=O)N2CCCC(c3nc4ccccc4o3)C2)cc1. The van der Waals surface area contributed by atoms with Crippen LogP contribution in [0.1, 0.15) is 41.9 Å². The van der Waals surface area contributed by atoms with Gasteiger partial charge in [0.25, 0.3) is 0 Å². The van der Waals surface area contributed by atoms with Gasteiger partial charge in [-0.05, 0) is 44.0 Å². The second-order valence-electron chi connectivity index (χ2n) is 6.80. The summed E-state index contributed by atoms with van der Waals surface area (Å²) in [4.78, 5) is 16.1. The quantitative estimate of drug-likeness (QED) is 0.642. The molecule has 4 rings (SSSR count). The molecule has 0 aliphatic carbocycles. The zero-order valence-corrected chi connectivity index (χ0v) is 15.8. The summed E-state index contributed by atoms with van der Waals surface area (Å²) in [5, 5.41) is 0. The number of hydrogen-bond acceptors (Lipinski definition) is 5. The van der Waals surface area contributed by atoms with Crippen LogP contribution in [0.15, 0.2) is 57.8 Å². The first-order chi connectivity index (χ1) is 12.9. The van der Waals surface area contributed by atoms with E-state index in [-0.39, 0.29) is 16.6 Å². The predicted molar refractivity (Wildman–Crippen MR) is 101 cm³/mol. The Labute approximate surface area is 157 Å². The van der Waals surface area contributed by atoms with Gasteiger partial charge in [0.2, 0.25) is 10.0 Å². The van der Waals surface area contributed by atoms with E-state index in [0.29, 0.717) is 30.1 Å². The molecule has 6 nitrogen and oxygen atoms in total. The van der Waals surface area contributed by atoms with E-state index in [4.69, 9.17) is 4.42 Å². The molecule has 1 unspecified atom stereocenters. The molecule has 140 valence electrons. The number of sulfonamides is 1. The molecular formula is C20H20N2O4S. The molecule has 0 bridgehead atoms. The number of aromatic nitrogens is 1. The Balaban J connectivity index is 1.58. The van der Waals surface area contributed by atoms with Gasteiger partial charge < -0.3 is 4.42 Å². The van der Waals surface area contributed by atoms with Gasteiger partial charge in [-0.15, -0.1) is 0 Å². The van der Waals surface area contributed by atoms with Crippen LogP contribution < -0.4 is 0 Å². The Bertz CT molecular complexity index is 1050. The first-order valence-electron chi connectivity index (χ1n) is 8.92. The van der Waals surface area contributed by atoms with Crippen LogP contribution in [0, 0.1) is 0 Å². The van der Waals surface area contributed by atoms with Crippen molar-refractivity contribution in [1.82, 2.24) is 9.29 Å². The number of benzene rings is 2. The van der Waals surface area contributed by atoms with Crippen molar-refractivity contribution in [1.29, 1.82) is 0 Å². The highest BCUT2D eigenvalue weighted by molar-refractivity contribution is 7.89. The van der Waals surface area contributed by atoms with Crippen molar-refractivity contribution in [3.63, 3.8) is 0 Å². The lowest BCUT2D eigenvalue weighted by Gasteiger charge is -2.30. The number of hydrogen-bond donors (Lipinski definition) is 0. The smallest absolute Gasteiger partial charge is 0.243 e. The van der Waals surface area contributed by atoms with E-state index in [1.165, 1.54) is 23.4 Å². The minimum atomic E-state index is -3.62. The van der Waals surface area contributed by atoms with E-state index < -0.39 is 10.0 Å². The monoisotopic (exact) mass is 384 g/mol. The summed E-state index contributed by atoms with van der Waals surface area (Å²) in [5.41, 5.74) is 2.00. The largest absolute Gasteiger partial charge is 0.440 e. The highest BCUT2D eigenvalue weighted by Gasteiger charge is 2.33. The third-order valence-corrected chi connectivity index (χ3v) is 6.82. The maximum atomic E-state index is 13.0. The third-order valence-electron chi connectivity index (χ3n) is 4.94. The summed E-state index contributed by atoms with van der Waals surface area (Å²) in [6.45, 7) is 2.26. The lowest BCUT2D eigenvalue weighted by Crippen LogP contribution is -2.39. The van der Waals surface area contributed by atoms with Crippen molar-refractivity contribution in [2.75, 3.05) is 13.1 Å². The van der Waals surface area contributed by atoms with Crippen molar-refractivity contribution in [2.24, 2.45) is 0 Å². The molecular weight excluding hydrogens is 364 g/mol. The molecule has 1 fully saturated rings. The zero-order chi connectivity index (χ0) is 19.0. The van der Waals surface area contributed by atoms with Crippen LogP contribution in [0.3, 0.4) is 0 Å². The van der Waals surface area contributed by atoms with E-state index in [1.807, 2.05) is 24.3 Å². The van der Waals surface area contributed by atoms with Crippen LogP contribution in [-0.4, -0.2) is 36.6 Å². The van der Waals surface area contributed by atoms with E-state index in [2.05, 4.69) is 4.98 Å². The number of piperidine rings is 1. The van der Waals surface area contributed by atoms with Gasteiger partial charge in [0.05, 0.1) is 4.90 Å². The van der Waals surface area contributed by atoms with E-state index >= 15 is 0 Å². The van der Waals surface area contributed by atoms with Gasteiger partial charge >= 0.3 is 0 Å². The van der Waals surface area contributed by atoms with Crippen LogP contribution in [0.4, 0.5) is 0 Å². The Hall–Kier alpha value is -2.51. The molecule has 1 aromatic heterocycles. The number of carbonyl (C=O) groups is 1. The Morgan fingerprint density at radius 3 is 2.59 bits per heavy atom. The van der Waals surface area contributed by atoms with Gasteiger partial charge in [0.15, 0.2) is 17.3 Å². The van der Waals surface area contributed by atoms with Crippen molar-refractivity contribution >= 4 is 26.9 Å². The second kappa shape index (κ2) is 6.90. The fourth-order valence-electron chi connectivity index (χ4n) is 3.44. The maximum absolute atomic E-state index is 13.0. The minimum Gasteiger partial charge on any atom is -0.440 e. The number of Topliss-reactive ketones (excluding diaryl/α,β-unsaturated/α-hetero) is 1. The first-order valence-corrected chi connectivity index (χ1v) is 10.4. The second-order valence-corrected chi connectivity index (χ2v) is 8.74. The number of oxazole rings is 1. The first kappa shape index (κ1) is 17.9. The fraction of sp³-hybridized carbons (Fsp3) is 0.300. The van der Waals surface area contributed by atoms with Gasteiger partial charge in [-0.1, -0.05) is 24.3 Å². The molecule has 7 heteroatoms. The summed E-state index contributed by atoms with van der Waals surface area (Å²) in [7, 11) is -3.62. The van der Waals surface area contributed by atoms with Gasteiger partial charge in [0.1, 0.15) is 5.52 Å². The van der Waals surface area contributed by atoms with Crippen molar-refractivity contribution < 1.29 is 17.6 Å². The molecule has 1 aliphatic rings.